The minimum atomic E-state index is -3.09. The molecule has 0 aromatic heterocycles. The number of hydrogen-bond acceptors (Lipinski definition) is 4. The fourth-order valence-electron chi connectivity index (χ4n) is 0.629. The molecule has 0 amide bonds. The zero-order valence-corrected chi connectivity index (χ0v) is 7.60. The number of aliphatic hydroxyl groups excluding tert-OH is 1. The van der Waals surface area contributed by atoms with Crippen LogP contribution in [0.2, 0.25) is 0 Å². The number of rotatable bonds is 6. The van der Waals surface area contributed by atoms with E-state index in [-0.39, 0.29) is 18.1 Å². The van der Waals surface area contributed by atoms with Crippen LogP contribution >= 0.6 is 0 Å². The van der Waals surface area contributed by atoms with Gasteiger partial charge >= 0.3 is 0 Å². The van der Waals surface area contributed by atoms with Crippen molar-refractivity contribution < 1.29 is 13.5 Å². The van der Waals surface area contributed by atoms with Gasteiger partial charge in [-0.25, -0.2) is 8.42 Å². The molecule has 0 aromatic rings. The van der Waals surface area contributed by atoms with Crippen LogP contribution in [0, 0.1) is 12.3 Å². The Hall–Kier alpha value is -0.570. The first-order chi connectivity index (χ1) is 5.62. The molecule has 12 heavy (non-hydrogen) atoms. The molecule has 0 aliphatic rings. The van der Waals surface area contributed by atoms with Crippen LogP contribution in [0.1, 0.15) is 0 Å². The van der Waals surface area contributed by atoms with E-state index in [1.54, 1.807) is 0 Å². The van der Waals surface area contributed by atoms with E-state index in [9.17, 15) is 8.42 Å². The molecule has 5 heteroatoms. The van der Waals surface area contributed by atoms with E-state index in [4.69, 9.17) is 11.5 Å². The van der Waals surface area contributed by atoms with Crippen molar-refractivity contribution in [2.45, 2.75) is 0 Å². The van der Waals surface area contributed by atoms with Crippen LogP contribution in [0.25, 0.3) is 0 Å². The molecule has 0 aliphatic heterocycles. The Morgan fingerprint density at radius 2 is 2.08 bits per heavy atom. The van der Waals surface area contributed by atoms with Crippen molar-refractivity contribution in [1.82, 2.24) is 5.32 Å². The van der Waals surface area contributed by atoms with Crippen LogP contribution in [0.4, 0.5) is 0 Å². The predicted octanol–water partition coefficient (Wildman–Crippen LogP) is -1.38. The smallest absolute Gasteiger partial charge is 0.153 e. The molecule has 0 heterocycles. The van der Waals surface area contributed by atoms with Crippen LogP contribution in [-0.2, 0) is 9.84 Å². The minimum Gasteiger partial charge on any atom is -0.395 e. The monoisotopic (exact) mass is 191 g/mol. The van der Waals surface area contributed by atoms with Crippen LogP contribution < -0.4 is 5.32 Å². The number of hydrogen-bond donors (Lipinski definition) is 2. The second kappa shape index (κ2) is 6.00. The van der Waals surface area contributed by atoms with E-state index >= 15 is 0 Å². The predicted molar refractivity (Wildman–Crippen MR) is 47.4 cm³/mol. The summed E-state index contributed by atoms with van der Waals surface area (Å²) < 4.78 is 21.9. The average Bonchev–Trinajstić information content (AvgIpc) is 1.98. The van der Waals surface area contributed by atoms with Crippen molar-refractivity contribution >= 4 is 9.84 Å². The van der Waals surface area contributed by atoms with Crippen LogP contribution in [0.15, 0.2) is 0 Å². The van der Waals surface area contributed by atoms with Gasteiger partial charge in [-0.05, 0) is 0 Å². The highest BCUT2D eigenvalue weighted by atomic mass is 32.2. The Morgan fingerprint density at radius 1 is 1.42 bits per heavy atom. The Kier molecular flexibility index (Phi) is 5.72. The van der Waals surface area contributed by atoms with E-state index in [1.165, 1.54) is 0 Å². The second-order valence-electron chi connectivity index (χ2n) is 2.26. The molecule has 4 nitrogen and oxygen atoms in total. The summed E-state index contributed by atoms with van der Waals surface area (Å²) in [7, 11) is -3.09. The third-order valence-electron chi connectivity index (χ3n) is 1.22. The summed E-state index contributed by atoms with van der Waals surface area (Å²) in [4.78, 5) is 0. The van der Waals surface area contributed by atoms with Crippen molar-refractivity contribution in [3.8, 4) is 12.3 Å². The highest BCUT2D eigenvalue weighted by molar-refractivity contribution is 7.91. The average molecular weight is 191 g/mol. The fourth-order valence-corrected chi connectivity index (χ4v) is 1.57. The third-order valence-corrected chi connectivity index (χ3v) is 2.85. The van der Waals surface area contributed by atoms with Crippen molar-refractivity contribution in [2.75, 3.05) is 31.2 Å². The van der Waals surface area contributed by atoms with Gasteiger partial charge in [0.05, 0.1) is 24.7 Å². The molecular formula is C7H13NO3S. The maximum absolute atomic E-state index is 10.9. The van der Waals surface area contributed by atoms with Gasteiger partial charge in [0.1, 0.15) is 0 Å². The lowest BCUT2D eigenvalue weighted by atomic mass is 10.6. The van der Waals surface area contributed by atoms with Gasteiger partial charge in [0.2, 0.25) is 0 Å². The van der Waals surface area contributed by atoms with Gasteiger partial charge in [0.25, 0.3) is 0 Å². The number of aliphatic hydroxyl groups is 1. The number of sulfone groups is 1. The maximum atomic E-state index is 10.9. The molecule has 0 bridgehead atoms. The Labute approximate surface area is 72.9 Å². The number of terminal acetylenes is 1. The van der Waals surface area contributed by atoms with E-state index in [1.807, 2.05) is 0 Å². The number of nitrogens with one attached hydrogen (secondary N) is 1. The lowest BCUT2D eigenvalue weighted by Crippen LogP contribution is -2.25. The summed E-state index contributed by atoms with van der Waals surface area (Å²) in [5, 5.41) is 11.1. The first-order valence-electron chi connectivity index (χ1n) is 3.58. The zero-order chi connectivity index (χ0) is 9.45. The van der Waals surface area contributed by atoms with Crippen molar-refractivity contribution in [2.24, 2.45) is 0 Å². The second-order valence-corrected chi connectivity index (χ2v) is 4.56. The van der Waals surface area contributed by atoms with Crippen LogP contribution in [0.5, 0.6) is 0 Å². The molecule has 0 unspecified atom stereocenters. The summed E-state index contributed by atoms with van der Waals surface area (Å²) >= 11 is 0. The van der Waals surface area contributed by atoms with E-state index in [0.29, 0.717) is 13.1 Å². The van der Waals surface area contributed by atoms with Gasteiger partial charge in [-0.1, -0.05) is 5.92 Å². The Balaban J connectivity index is 3.57. The normalized spacial score (nSPS) is 11.0. The van der Waals surface area contributed by atoms with Crippen molar-refractivity contribution in [1.29, 1.82) is 0 Å². The van der Waals surface area contributed by atoms with E-state index in [0.717, 1.165) is 0 Å². The first-order valence-corrected chi connectivity index (χ1v) is 5.40. The summed E-state index contributed by atoms with van der Waals surface area (Å²) in [6, 6.07) is 0. The van der Waals surface area contributed by atoms with Crippen molar-refractivity contribution in [3.05, 3.63) is 0 Å². The summed E-state index contributed by atoms with van der Waals surface area (Å²) in [6.45, 7) is 0.388. The molecule has 2 N–H and O–H groups in total. The van der Waals surface area contributed by atoms with Crippen LogP contribution in [0.3, 0.4) is 0 Å². The molecule has 70 valence electrons. The molecule has 0 radical (unpaired) electrons. The van der Waals surface area contributed by atoms with Gasteiger partial charge in [0.15, 0.2) is 9.84 Å². The molecular weight excluding hydrogens is 178 g/mol. The SMILES string of the molecule is C#CCNCCS(=O)(=O)CCO. The minimum absolute atomic E-state index is 0.0231. The summed E-state index contributed by atoms with van der Waals surface area (Å²) in [6.07, 6.45) is 4.94. The molecule has 0 spiro atoms. The van der Waals surface area contributed by atoms with Gasteiger partial charge < -0.3 is 10.4 Å². The molecule has 0 saturated heterocycles. The molecule has 0 aromatic carbocycles. The lowest BCUT2D eigenvalue weighted by Gasteiger charge is -2.01. The Morgan fingerprint density at radius 3 is 2.58 bits per heavy atom. The van der Waals surface area contributed by atoms with Gasteiger partial charge in [-0.2, -0.15) is 0 Å². The van der Waals surface area contributed by atoms with Crippen molar-refractivity contribution in [3.63, 3.8) is 0 Å². The molecule has 0 aliphatic carbocycles. The first kappa shape index (κ1) is 11.4. The molecule has 0 rings (SSSR count). The Bertz CT molecular complexity index is 240. The quantitative estimate of drug-likeness (QED) is 0.401. The largest absolute Gasteiger partial charge is 0.395 e. The third kappa shape index (κ3) is 6.16. The summed E-state index contributed by atoms with van der Waals surface area (Å²) in [5.41, 5.74) is 0. The maximum Gasteiger partial charge on any atom is 0.153 e. The van der Waals surface area contributed by atoms with Gasteiger partial charge in [-0.15, -0.1) is 6.42 Å². The molecule has 0 saturated carbocycles. The molecule has 0 atom stereocenters. The summed E-state index contributed by atoms with van der Waals surface area (Å²) in [5.74, 6) is 2.18. The van der Waals surface area contributed by atoms with Gasteiger partial charge in [0, 0.05) is 6.54 Å². The van der Waals surface area contributed by atoms with Gasteiger partial charge in [-0.3, -0.25) is 0 Å². The van der Waals surface area contributed by atoms with E-state index < -0.39 is 9.84 Å². The lowest BCUT2D eigenvalue weighted by molar-refractivity contribution is 0.319. The highest BCUT2D eigenvalue weighted by Crippen LogP contribution is 1.86. The molecule has 0 fully saturated rings. The fraction of sp³-hybridized carbons (Fsp3) is 0.714. The van der Waals surface area contributed by atoms with Crippen LogP contribution in [-0.4, -0.2) is 44.7 Å². The van der Waals surface area contributed by atoms with E-state index in [2.05, 4.69) is 11.2 Å². The highest BCUT2D eigenvalue weighted by Gasteiger charge is 2.07. The zero-order valence-electron chi connectivity index (χ0n) is 6.78. The standard InChI is InChI=1S/C7H13NO3S/c1-2-3-8-4-6-12(10,11)7-5-9/h1,8-9H,3-7H2. The topological polar surface area (TPSA) is 66.4 Å².